The molecule has 3 heterocycles. The van der Waals surface area contributed by atoms with Crippen molar-refractivity contribution in [2.45, 2.75) is 64.7 Å². The number of aromatic nitrogens is 2. The predicted octanol–water partition coefficient (Wildman–Crippen LogP) is 3.61. The van der Waals surface area contributed by atoms with Crippen molar-refractivity contribution in [3.63, 3.8) is 0 Å². The van der Waals surface area contributed by atoms with Gasteiger partial charge in [-0.25, -0.2) is 9.97 Å². The predicted molar refractivity (Wildman–Crippen MR) is 103 cm³/mol. The van der Waals surface area contributed by atoms with Gasteiger partial charge in [0.2, 0.25) is 5.91 Å². The van der Waals surface area contributed by atoms with Gasteiger partial charge < -0.3 is 9.80 Å². The molecular weight excluding hydrogens is 324 g/mol. The number of rotatable bonds is 5. The lowest BCUT2D eigenvalue weighted by molar-refractivity contribution is -0.138. The van der Waals surface area contributed by atoms with Crippen molar-refractivity contribution in [1.29, 1.82) is 0 Å². The van der Waals surface area contributed by atoms with Gasteiger partial charge in [-0.1, -0.05) is 13.8 Å². The van der Waals surface area contributed by atoms with Gasteiger partial charge in [0.15, 0.2) is 0 Å². The number of anilines is 1. The zero-order valence-electron chi connectivity index (χ0n) is 16.3. The summed E-state index contributed by atoms with van der Waals surface area (Å²) in [6, 6.07) is 2.21. The van der Waals surface area contributed by atoms with Crippen LogP contribution in [0.1, 0.15) is 70.4 Å². The molecule has 1 atom stereocenters. The first kappa shape index (κ1) is 17.7. The quantitative estimate of drug-likeness (QED) is 0.809. The van der Waals surface area contributed by atoms with Crippen LogP contribution in [0.15, 0.2) is 12.4 Å². The largest absolute Gasteiger partial charge is 0.356 e. The Morgan fingerprint density at radius 2 is 2.08 bits per heavy atom. The van der Waals surface area contributed by atoms with Gasteiger partial charge in [0.25, 0.3) is 0 Å². The first-order valence-corrected chi connectivity index (χ1v) is 10.4. The highest BCUT2D eigenvalue weighted by atomic mass is 16.2. The van der Waals surface area contributed by atoms with Crippen LogP contribution in [0.4, 0.5) is 5.82 Å². The van der Waals surface area contributed by atoms with E-state index in [2.05, 4.69) is 39.7 Å². The van der Waals surface area contributed by atoms with Crippen molar-refractivity contribution >= 4 is 11.7 Å². The maximum absolute atomic E-state index is 12.4. The highest BCUT2D eigenvalue weighted by Gasteiger charge is 2.42. The fourth-order valence-electron chi connectivity index (χ4n) is 4.59. The van der Waals surface area contributed by atoms with Crippen molar-refractivity contribution < 1.29 is 4.79 Å². The number of amides is 1. The number of hydrogen-bond acceptors (Lipinski definition) is 4. The van der Waals surface area contributed by atoms with E-state index >= 15 is 0 Å². The summed E-state index contributed by atoms with van der Waals surface area (Å²) in [7, 11) is 0. The Morgan fingerprint density at radius 1 is 1.23 bits per heavy atom. The minimum absolute atomic E-state index is 0.244. The molecule has 1 saturated carbocycles. The fourth-order valence-corrected chi connectivity index (χ4v) is 4.59. The molecule has 26 heavy (non-hydrogen) atoms. The smallest absolute Gasteiger partial charge is 0.222 e. The van der Waals surface area contributed by atoms with Crippen LogP contribution in [0.5, 0.6) is 0 Å². The van der Waals surface area contributed by atoms with E-state index in [-0.39, 0.29) is 5.41 Å². The second-order valence-electron chi connectivity index (χ2n) is 9.10. The van der Waals surface area contributed by atoms with Crippen LogP contribution < -0.4 is 4.90 Å². The van der Waals surface area contributed by atoms with Crippen LogP contribution in [0, 0.1) is 11.3 Å². The molecule has 3 aliphatic rings. The van der Waals surface area contributed by atoms with E-state index in [0.29, 0.717) is 24.2 Å². The molecule has 0 aromatic carbocycles. The lowest BCUT2D eigenvalue weighted by atomic mass is 9.73. The van der Waals surface area contributed by atoms with Crippen molar-refractivity contribution in [2.75, 3.05) is 31.1 Å². The average Bonchev–Trinajstić information content (AvgIpc) is 3.48. The van der Waals surface area contributed by atoms with E-state index in [4.69, 9.17) is 0 Å². The van der Waals surface area contributed by atoms with Gasteiger partial charge in [-0.15, -0.1) is 0 Å². The molecule has 0 N–H and O–H groups in total. The third-order valence-electron chi connectivity index (χ3n) is 6.38. The molecule has 0 radical (unpaired) electrons. The third-order valence-corrected chi connectivity index (χ3v) is 6.38. The molecule has 0 unspecified atom stereocenters. The van der Waals surface area contributed by atoms with Gasteiger partial charge in [-0.05, 0) is 44.4 Å². The van der Waals surface area contributed by atoms with Crippen LogP contribution in [-0.2, 0) is 4.79 Å². The van der Waals surface area contributed by atoms with Gasteiger partial charge in [-0.2, -0.15) is 0 Å². The molecule has 1 aromatic heterocycles. The molecular formula is C21H32N4O. The summed E-state index contributed by atoms with van der Waals surface area (Å²) in [6.07, 6.45) is 9.54. The van der Waals surface area contributed by atoms with Crippen molar-refractivity contribution in [2.24, 2.45) is 11.3 Å². The lowest BCUT2D eigenvalue weighted by Crippen LogP contribution is -2.54. The Morgan fingerprint density at radius 3 is 2.85 bits per heavy atom. The molecule has 1 aliphatic carbocycles. The summed E-state index contributed by atoms with van der Waals surface area (Å²) in [5.74, 6) is 2.75. The molecule has 4 rings (SSSR count). The molecule has 2 saturated heterocycles. The highest BCUT2D eigenvalue weighted by Crippen LogP contribution is 2.42. The van der Waals surface area contributed by atoms with Gasteiger partial charge in [0, 0.05) is 55.7 Å². The molecule has 1 aromatic rings. The minimum atomic E-state index is 0.244. The van der Waals surface area contributed by atoms with Gasteiger partial charge in [0.05, 0.1) is 0 Å². The van der Waals surface area contributed by atoms with E-state index < -0.39 is 0 Å². The normalized spacial score (nSPS) is 26.8. The fraction of sp³-hybridized carbons (Fsp3) is 0.762. The zero-order chi connectivity index (χ0) is 18.1. The summed E-state index contributed by atoms with van der Waals surface area (Å²) in [6.45, 7) is 8.41. The van der Waals surface area contributed by atoms with Crippen molar-refractivity contribution in [3.8, 4) is 0 Å². The number of piperidine rings is 2. The molecule has 1 spiro atoms. The molecule has 142 valence electrons. The van der Waals surface area contributed by atoms with E-state index in [1.807, 2.05) is 0 Å². The van der Waals surface area contributed by atoms with Gasteiger partial charge in [-0.3, -0.25) is 4.79 Å². The Balaban J connectivity index is 1.46. The standard InChI is InChI=1S/C21H32N4O/c1-16(2)7-11-25-14-21(9-6-20(25)26)8-3-10-24(13-21)19-12-18(17-4-5-17)22-15-23-19/h12,15-17H,3-11,13-14H2,1-2H3/t21-/m0/s1. The first-order valence-electron chi connectivity index (χ1n) is 10.4. The number of carbonyl (C=O) groups is 1. The molecule has 3 fully saturated rings. The second-order valence-corrected chi connectivity index (χ2v) is 9.10. The van der Waals surface area contributed by atoms with Gasteiger partial charge >= 0.3 is 0 Å². The molecule has 5 heteroatoms. The average molecular weight is 357 g/mol. The van der Waals surface area contributed by atoms with Crippen LogP contribution in [0.2, 0.25) is 0 Å². The maximum Gasteiger partial charge on any atom is 0.222 e. The SMILES string of the molecule is CC(C)CCN1C[C@@]2(CCCN(c3cc(C4CC4)ncn3)C2)CCC1=O. The maximum atomic E-state index is 12.4. The topological polar surface area (TPSA) is 49.3 Å². The molecule has 0 bridgehead atoms. The molecule has 1 amide bonds. The van der Waals surface area contributed by atoms with Crippen LogP contribution in [0.25, 0.3) is 0 Å². The summed E-state index contributed by atoms with van der Waals surface area (Å²) < 4.78 is 0. The lowest BCUT2D eigenvalue weighted by Gasteiger charge is -2.48. The minimum Gasteiger partial charge on any atom is -0.356 e. The van der Waals surface area contributed by atoms with Gasteiger partial charge in [0.1, 0.15) is 12.1 Å². The first-order chi connectivity index (χ1) is 12.5. The zero-order valence-corrected chi connectivity index (χ0v) is 16.3. The highest BCUT2D eigenvalue weighted by molar-refractivity contribution is 5.77. The monoisotopic (exact) mass is 356 g/mol. The number of nitrogens with zero attached hydrogens (tertiary/aromatic N) is 4. The Hall–Kier alpha value is -1.65. The summed E-state index contributed by atoms with van der Waals surface area (Å²) in [4.78, 5) is 26.0. The summed E-state index contributed by atoms with van der Waals surface area (Å²) >= 11 is 0. The Labute approximate surface area is 157 Å². The Kier molecular flexibility index (Phi) is 4.89. The van der Waals surface area contributed by atoms with E-state index in [1.54, 1.807) is 6.33 Å². The number of likely N-dealkylation sites (tertiary alicyclic amines) is 1. The van der Waals surface area contributed by atoms with E-state index in [9.17, 15) is 4.79 Å². The van der Waals surface area contributed by atoms with Crippen LogP contribution >= 0.6 is 0 Å². The van der Waals surface area contributed by atoms with E-state index in [0.717, 1.165) is 44.8 Å². The number of carbonyl (C=O) groups excluding carboxylic acids is 1. The number of hydrogen-bond donors (Lipinski definition) is 0. The van der Waals surface area contributed by atoms with Crippen LogP contribution in [0.3, 0.4) is 0 Å². The summed E-state index contributed by atoms with van der Waals surface area (Å²) in [5.41, 5.74) is 1.46. The molecule has 2 aliphatic heterocycles. The second kappa shape index (κ2) is 7.16. The van der Waals surface area contributed by atoms with Crippen molar-refractivity contribution in [3.05, 3.63) is 18.1 Å². The Bertz CT molecular complexity index is 657. The van der Waals surface area contributed by atoms with Crippen molar-refractivity contribution in [1.82, 2.24) is 14.9 Å². The van der Waals surface area contributed by atoms with E-state index in [1.165, 1.54) is 31.4 Å². The van der Waals surface area contributed by atoms with Crippen LogP contribution in [-0.4, -0.2) is 47.0 Å². The summed E-state index contributed by atoms with van der Waals surface area (Å²) in [5, 5.41) is 0. The third kappa shape index (κ3) is 3.86. The molecule has 5 nitrogen and oxygen atoms in total.